The summed E-state index contributed by atoms with van der Waals surface area (Å²) in [5, 5.41) is 26.4. The lowest BCUT2D eigenvalue weighted by Gasteiger charge is -2.18. The number of rotatable bonds is 11. The second kappa shape index (κ2) is 11.9. The molecule has 8 heteroatoms. The van der Waals surface area contributed by atoms with Crippen LogP contribution in [0.25, 0.3) is 22.5 Å². The number of carbonyl (C=O) groups excluding carboxylic acids is 1. The number of benzene rings is 3. The summed E-state index contributed by atoms with van der Waals surface area (Å²) in [6.45, 7) is 2.14. The minimum absolute atomic E-state index is 0.0964. The number of aromatic carboxylic acids is 1. The van der Waals surface area contributed by atoms with Gasteiger partial charge in [0.1, 0.15) is 0 Å². The van der Waals surface area contributed by atoms with Gasteiger partial charge in [0.25, 0.3) is 0 Å². The molecular weight excluding hydrogens is 454 g/mol. The first-order valence-electron chi connectivity index (χ1n) is 12.1. The highest BCUT2D eigenvalue weighted by atomic mass is 16.4. The number of amides is 1. The third-order valence-electron chi connectivity index (χ3n) is 6.18. The average Bonchev–Trinajstić information content (AvgIpc) is 3.44. The molecule has 36 heavy (non-hydrogen) atoms. The lowest BCUT2D eigenvalue weighted by Crippen LogP contribution is -2.25. The van der Waals surface area contributed by atoms with Gasteiger partial charge in [-0.3, -0.25) is 4.79 Å². The predicted molar refractivity (Wildman–Crippen MR) is 138 cm³/mol. The number of unbranched alkanes of at least 4 members (excludes halogenated alkanes) is 2. The summed E-state index contributed by atoms with van der Waals surface area (Å²) in [7, 11) is 0. The smallest absolute Gasteiger partial charge is 0.335 e. The first kappa shape index (κ1) is 24.8. The van der Waals surface area contributed by atoms with E-state index in [1.807, 2.05) is 24.3 Å². The van der Waals surface area contributed by atoms with E-state index in [1.165, 1.54) is 12.1 Å². The van der Waals surface area contributed by atoms with Gasteiger partial charge in [0.15, 0.2) is 5.82 Å². The molecule has 3 N–H and O–H groups in total. The Hall–Kier alpha value is -4.33. The number of hydrogen-bond donors (Lipinski definition) is 3. The van der Waals surface area contributed by atoms with Crippen molar-refractivity contribution in [3.05, 3.63) is 83.9 Å². The Morgan fingerprint density at radius 1 is 0.972 bits per heavy atom. The van der Waals surface area contributed by atoms with Crippen LogP contribution in [-0.4, -0.2) is 37.6 Å². The van der Waals surface area contributed by atoms with Gasteiger partial charge in [-0.15, -0.1) is 5.10 Å². The Kier molecular flexibility index (Phi) is 8.18. The van der Waals surface area contributed by atoms with E-state index in [4.69, 9.17) is 0 Å². The molecule has 3 aromatic carbocycles. The molecule has 4 rings (SSSR count). The highest BCUT2D eigenvalue weighted by Gasteiger charge is 2.20. The van der Waals surface area contributed by atoms with Crippen LogP contribution in [0.1, 0.15) is 48.5 Å². The summed E-state index contributed by atoms with van der Waals surface area (Å²) >= 11 is 0. The lowest BCUT2D eigenvalue weighted by molar-refractivity contribution is -0.120. The van der Waals surface area contributed by atoms with E-state index in [-0.39, 0.29) is 17.4 Å². The molecule has 1 atom stereocenters. The van der Waals surface area contributed by atoms with E-state index in [0.29, 0.717) is 17.9 Å². The minimum atomic E-state index is -1.02. The van der Waals surface area contributed by atoms with Crippen LogP contribution in [0.3, 0.4) is 0 Å². The molecule has 0 aliphatic heterocycles. The second-order valence-corrected chi connectivity index (χ2v) is 8.76. The first-order valence-corrected chi connectivity index (χ1v) is 12.1. The fraction of sp³-hybridized carbons (Fsp3) is 0.250. The maximum absolute atomic E-state index is 13.2. The van der Waals surface area contributed by atoms with Crippen LogP contribution in [0.4, 0.5) is 5.69 Å². The highest BCUT2D eigenvalue weighted by Crippen LogP contribution is 2.30. The van der Waals surface area contributed by atoms with Crippen molar-refractivity contribution < 1.29 is 14.7 Å². The average molecular weight is 484 g/mol. The van der Waals surface area contributed by atoms with Crippen molar-refractivity contribution in [2.75, 3.05) is 5.32 Å². The normalized spacial score (nSPS) is 11.7. The molecule has 0 bridgehead atoms. The third kappa shape index (κ3) is 6.21. The molecule has 8 nitrogen and oxygen atoms in total. The van der Waals surface area contributed by atoms with Crippen LogP contribution in [0.15, 0.2) is 72.8 Å². The molecule has 0 saturated carbocycles. The molecule has 1 unspecified atom stereocenters. The molecule has 184 valence electrons. The Morgan fingerprint density at radius 2 is 1.75 bits per heavy atom. The lowest BCUT2D eigenvalue weighted by atomic mass is 9.91. The number of carbonyl (C=O) groups is 2. The zero-order chi connectivity index (χ0) is 25.3. The number of aromatic amines is 1. The van der Waals surface area contributed by atoms with Crippen molar-refractivity contribution in [2.45, 2.75) is 39.0 Å². The summed E-state index contributed by atoms with van der Waals surface area (Å²) in [6.07, 6.45) is 4.46. The fourth-order valence-electron chi connectivity index (χ4n) is 4.26. The van der Waals surface area contributed by atoms with Crippen molar-refractivity contribution in [1.29, 1.82) is 0 Å². The molecule has 0 aliphatic rings. The van der Waals surface area contributed by atoms with E-state index >= 15 is 0 Å². The van der Waals surface area contributed by atoms with Gasteiger partial charge < -0.3 is 10.4 Å². The van der Waals surface area contributed by atoms with Gasteiger partial charge in [-0.2, -0.15) is 0 Å². The molecular formula is C28H29N5O3. The summed E-state index contributed by atoms with van der Waals surface area (Å²) in [4.78, 5) is 24.5. The largest absolute Gasteiger partial charge is 0.478 e. The van der Waals surface area contributed by atoms with E-state index in [9.17, 15) is 14.7 Å². The topological polar surface area (TPSA) is 121 Å². The number of nitrogens with one attached hydrogen (secondary N) is 2. The zero-order valence-electron chi connectivity index (χ0n) is 20.1. The van der Waals surface area contributed by atoms with Gasteiger partial charge in [0.05, 0.1) is 5.56 Å². The number of H-pyrrole nitrogens is 1. The van der Waals surface area contributed by atoms with Gasteiger partial charge in [-0.1, -0.05) is 80.8 Å². The number of aromatic nitrogens is 4. The SMILES string of the molecule is CCCCCC(Cc1ccc(-c2ccccc2-c2nnn[nH]2)cc1)C(=O)Nc1cccc(C(=O)O)c1. The predicted octanol–water partition coefficient (Wildman–Crippen LogP) is 5.61. The van der Waals surface area contributed by atoms with Crippen LogP contribution in [0.5, 0.6) is 0 Å². The maximum atomic E-state index is 13.2. The van der Waals surface area contributed by atoms with Crippen molar-refractivity contribution in [3.8, 4) is 22.5 Å². The molecule has 0 radical (unpaired) electrons. The quantitative estimate of drug-likeness (QED) is 0.238. The van der Waals surface area contributed by atoms with E-state index in [0.717, 1.165) is 47.9 Å². The van der Waals surface area contributed by atoms with Crippen LogP contribution in [0, 0.1) is 5.92 Å². The van der Waals surface area contributed by atoms with Crippen molar-refractivity contribution in [3.63, 3.8) is 0 Å². The Balaban J connectivity index is 1.51. The number of nitrogens with zero attached hydrogens (tertiary/aromatic N) is 3. The van der Waals surface area contributed by atoms with Crippen molar-refractivity contribution >= 4 is 17.6 Å². The van der Waals surface area contributed by atoms with Crippen LogP contribution < -0.4 is 5.32 Å². The van der Waals surface area contributed by atoms with Crippen molar-refractivity contribution in [2.24, 2.45) is 5.92 Å². The number of hydrogen-bond acceptors (Lipinski definition) is 5. The summed E-state index contributed by atoms with van der Waals surface area (Å²) in [6, 6.07) is 22.5. The number of anilines is 1. The Bertz CT molecular complexity index is 1300. The van der Waals surface area contributed by atoms with Gasteiger partial charge in [0.2, 0.25) is 5.91 Å². The zero-order valence-corrected chi connectivity index (χ0v) is 20.1. The van der Waals surface area contributed by atoms with E-state index in [2.05, 4.69) is 57.1 Å². The first-order chi connectivity index (χ1) is 17.5. The highest BCUT2D eigenvalue weighted by molar-refractivity contribution is 5.95. The number of tetrazole rings is 1. The number of carboxylic acids is 1. The van der Waals surface area contributed by atoms with Crippen molar-refractivity contribution in [1.82, 2.24) is 20.6 Å². The van der Waals surface area contributed by atoms with E-state index in [1.54, 1.807) is 12.1 Å². The van der Waals surface area contributed by atoms with Crippen LogP contribution in [-0.2, 0) is 11.2 Å². The third-order valence-corrected chi connectivity index (χ3v) is 6.18. The van der Waals surface area contributed by atoms with Gasteiger partial charge in [-0.05, 0) is 58.2 Å². The van der Waals surface area contributed by atoms with E-state index < -0.39 is 5.97 Å². The minimum Gasteiger partial charge on any atom is -0.478 e. The summed E-state index contributed by atoms with van der Waals surface area (Å²) in [5.74, 6) is -0.731. The van der Waals surface area contributed by atoms with Gasteiger partial charge >= 0.3 is 5.97 Å². The Morgan fingerprint density at radius 3 is 2.44 bits per heavy atom. The number of carboxylic acid groups (broad SMARTS) is 1. The maximum Gasteiger partial charge on any atom is 0.335 e. The molecule has 0 saturated heterocycles. The molecule has 0 fully saturated rings. The monoisotopic (exact) mass is 483 g/mol. The molecule has 0 aliphatic carbocycles. The Labute approximate surface area is 209 Å². The molecule has 1 aromatic heterocycles. The molecule has 4 aromatic rings. The molecule has 1 amide bonds. The van der Waals surface area contributed by atoms with Gasteiger partial charge in [-0.25, -0.2) is 9.89 Å². The van der Waals surface area contributed by atoms with Crippen LogP contribution in [0.2, 0.25) is 0 Å². The molecule has 0 spiro atoms. The standard InChI is InChI=1S/C28H29N5O3/c1-2-3-4-8-21(27(34)29-23-10-7-9-22(18-23)28(35)36)17-19-13-15-20(16-14-19)24-11-5-6-12-25(24)26-30-32-33-31-26/h5-7,9-16,18,21H,2-4,8,17H2,1H3,(H,29,34)(H,35,36)(H,30,31,32,33). The second-order valence-electron chi connectivity index (χ2n) is 8.76. The summed E-state index contributed by atoms with van der Waals surface area (Å²) in [5.41, 5.74) is 4.66. The summed E-state index contributed by atoms with van der Waals surface area (Å²) < 4.78 is 0. The fourth-order valence-corrected chi connectivity index (χ4v) is 4.26. The molecule has 1 heterocycles. The van der Waals surface area contributed by atoms with Gasteiger partial charge in [0, 0.05) is 17.2 Å². The van der Waals surface area contributed by atoms with Crippen LogP contribution >= 0.6 is 0 Å².